The van der Waals surface area contributed by atoms with Crippen LogP contribution in [0.1, 0.15) is 86.5 Å². The van der Waals surface area contributed by atoms with E-state index in [1.165, 1.54) is 44.1 Å². The van der Waals surface area contributed by atoms with Crippen molar-refractivity contribution in [2.75, 3.05) is 0 Å². The molecule has 1 N–H and O–H groups in total. The van der Waals surface area contributed by atoms with Gasteiger partial charge in [0.2, 0.25) is 0 Å². The molecule has 0 aliphatic heterocycles. The van der Waals surface area contributed by atoms with Gasteiger partial charge in [0.25, 0.3) is 0 Å². The summed E-state index contributed by atoms with van der Waals surface area (Å²) in [6, 6.07) is 0. The molecule has 1 nitrogen and oxygen atoms in total. The molecule has 0 amide bonds. The first-order valence-corrected chi connectivity index (χ1v) is 13.0. The molecule has 0 aromatic rings. The van der Waals surface area contributed by atoms with Gasteiger partial charge in [-0.25, -0.2) is 0 Å². The minimum absolute atomic E-state index is 0.193. The third-order valence-corrected chi connectivity index (χ3v) is 10.3. The van der Waals surface area contributed by atoms with Crippen LogP contribution in [-0.2, 0) is 0 Å². The van der Waals surface area contributed by atoms with Gasteiger partial charge in [-0.3, -0.25) is 0 Å². The molecular weight excluding hydrogens is 364 g/mol. The molecule has 9 atom stereocenters. The third kappa shape index (κ3) is 3.58. The summed E-state index contributed by atoms with van der Waals surface area (Å²) in [5.41, 5.74) is 2.22. The lowest BCUT2D eigenvalue weighted by Gasteiger charge is -2.57. The van der Waals surface area contributed by atoms with E-state index in [1.54, 1.807) is 0 Å². The second-order valence-corrected chi connectivity index (χ2v) is 12.0. The van der Waals surface area contributed by atoms with Gasteiger partial charge in [-0.2, -0.15) is 0 Å². The highest BCUT2D eigenvalue weighted by Crippen LogP contribution is 2.66. The Labute approximate surface area is 186 Å². The molecule has 0 saturated heterocycles. The number of aliphatic hydroxyl groups is 1. The van der Waals surface area contributed by atoms with Crippen LogP contribution in [0, 0.1) is 52.3 Å². The molecule has 0 bridgehead atoms. The van der Waals surface area contributed by atoms with Crippen molar-refractivity contribution in [2.24, 2.45) is 52.3 Å². The summed E-state index contributed by atoms with van der Waals surface area (Å²) in [6.07, 6.45) is 20.8. The largest absolute Gasteiger partial charge is 0.389 e. The molecule has 2 fully saturated rings. The molecule has 0 spiro atoms. The van der Waals surface area contributed by atoms with Crippen molar-refractivity contribution in [1.82, 2.24) is 0 Å². The van der Waals surface area contributed by atoms with E-state index in [0.29, 0.717) is 11.3 Å². The lowest BCUT2D eigenvalue weighted by atomic mass is 9.48. The molecule has 168 valence electrons. The van der Waals surface area contributed by atoms with Crippen LogP contribution in [0.25, 0.3) is 0 Å². The standard InChI is InChI=1S/C29H46O/c1-7-21(19(2)3)9-8-20(4)25-12-13-26-24-11-10-22-18-23(30)14-16-28(22,5)27(24)15-17-29(25,26)6/h8-10,14,16,19-21,23-27,30H,7,11-13,15,17-18H2,1-6H3/b9-8+/t20-,21?,23+,24+,25-,26+,27+,28+,29-/m1/s1. The van der Waals surface area contributed by atoms with Crippen molar-refractivity contribution in [3.05, 3.63) is 36.0 Å². The van der Waals surface area contributed by atoms with Crippen LogP contribution in [0.5, 0.6) is 0 Å². The highest BCUT2D eigenvalue weighted by molar-refractivity contribution is 5.32. The minimum Gasteiger partial charge on any atom is -0.389 e. The molecule has 0 radical (unpaired) electrons. The van der Waals surface area contributed by atoms with Gasteiger partial charge in [-0.1, -0.05) is 77.5 Å². The Balaban J connectivity index is 1.53. The molecule has 0 aromatic heterocycles. The zero-order valence-corrected chi connectivity index (χ0v) is 20.4. The summed E-state index contributed by atoms with van der Waals surface area (Å²) in [5.74, 6) is 5.48. The summed E-state index contributed by atoms with van der Waals surface area (Å²) < 4.78 is 0. The van der Waals surface area contributed by atoms with Crippen LogP contribution in [-0.4, -0.2) is 11.2 Å². The number of hydrogen-bond donors (Lipinski definition) is 1. The Kier molecular flexibility index (Phi) is 6.17. The molecule has 1 unspecified atom stereocenters. The molecule has 1 heteroatoms. The second-order valence-electron chi connectivity index (χ2n) is 12.0. The summed E-state index contributed by atoms with van der Waals surface area (Å²) >= 11 is 0. The van der Waals surface area contributed by atoms with Crippen molar-refractivity contribution in [3.63, 3.8) is 0 Å². The van der Waals surface area contributed by atoms with Crippen molar-refractivity contribution < 1.29 is 5.11 Å². The van der Waals surface area contributed by atoms with E-state index in [0.717, 1.165) is 41.9 Å². The second kappa shape index (κ2) is 8.27. The van der Waals surface area contributed by atoms with Crippen LogP contribution < -0.4 is 0 Å². The van der Waals surface area contributed by atoms with E-state index in [2.05, 4.69) is 71.9 Å². The Morgan fingerprint density at radius 3 is 2.57 bits per heavy atom. The van der Waals surface area contributed by atoms with Gasteiger partial charge >= 0.3 is 0 Å². The van der Waals surface area contributed by atoms with Gasteiger partial charge in [0.15, 0.2) is 0 Å². The van der Waals surface area contributed by atoms with Crippen LogP contribution in [0.3, 0.4) is 0 Å². The maximum absolute atomic E-state index is 10.2. The highest BCUT2D eigenvalue weighted by Gasteiger charge is 2.58. The quantitative estimate of drug-likeness (QED) is 0.463. The fraction of sp³-hybridized carbons (Fsp3) is 0.793. The molecule has 4 rings (SSSR count). The summed E-state index contributed by atoms with van der Waals surface area (Å²) in [5, 5.41) is 10.2. The van der Waals surface area contributed by atoms with E-state index >= 15 is 0 Å². The van der Waals surface area contributed by atoms with Crippen molar-refractivity contribution in [2.45, 2.75) is 92.6 Å². The fourth-order valence-electron chi connectivity index (χ4n) is 8.42. The Hall–Kier alpha value is -0.820. The summed E-state index contributed by atoms with van der Waals surface area (Å²) in [7, 11) is 0. The first-order chi connectivity index (χ1) is 14.2. The molecular formula is C29H46O. The SMILES string of the molecule is CCC(/C=C/[C@@H](C)[C@H]1CC[C@H]2[C@@H]3CC=C4C[C@@H](O)C=C[C@]4(C)[C@H]3CC[C@]12C)C(C)C. The zero-order chi connectivity index (χ0) is 21.7. The summed E-state index contributed by atoms with van der Waals surface area (Å²) in [6.45, 7) is 14.7. The van der Waals surface area contributed by atoms with E-state index < -0.39 is 0 Å². The molecule has 30 heavy (non-hydrogen) atoms. The van der Waals surface area contributed by atoms with Gasteiger partial charge in [-0.15, -0.1) is 0 Å². The molecule has 4 aliphatic carbocycles. The smallest absolute Gasteiger partial charge is 0.0758 e. The monoisotopic (exact) mass is 410 g/mol. The van der Waals surface area contributed by atoms with Gasteiger partial charge in [-0.05, 0) is 91.8 Å². The number of allylic oxidation sites excluding steroid dienone is 4. The molecule has 2 saturated carbocycles. The highest BCUT2D eigenvalue weighted by atomic mass is 16.3. The fourth-order valence-corrected chi connectivity index (χ4v) is 8.42. The Bertz CT molecular complexity index is 714. The van der Waals surface area contributed by atoms with Gasteiger partial charge < -0.3 is 5.11 Å². The lowest BCUT2D eigenvalue weighted by Crippen LogP contribution is -2.49. The topological polar surface area (TPSA) is 20.2 Å². The van der Waals surface area contributed by atoms with Crippen LogP contribution in [0.2, 0.25) is 0 Å². The van der Waals surface area contributed by atoms with Gasteiger partial charge in [0.1, 0.15) is 0 Å². The van der Waals surface area contributed by atoms with Gasteiger partial charge in [0, 0.05) is 5.41 Å². The van der Waals surface area contributed by atoms with E-state index in [9.17, 15) is 5.11 Å². The average molecular weight is 411 g/mol. The normalized spacial score (nSPS) is 45.1. The maximum atomic E-state index is 10.2. The van der Waals surface area contributed by atoms with Crippen LogP contribution >= 0.6 is 0 Å². The van der Waals surface area contributed by atoms with Gasteiger partial charge in [0.05, 0.1) is 6.10 Å². The van der Waals surface area contributed by atoms with E-state index in [1.807, 2.05) is 0 Å². The third-order valence-electron chi connectivity index (χ3n) is 10.3. The molecule has 0 aromatic carbocycles. The zero-order valence-electron chi connectivity index (χ0n) is 20.4. The predicted molar refractivity (Wildman–Crippen MR) is 128 cm³/mol. The molecule has 0 heterocycles. The predicted octanol–water partition coefficient (Wildman–Crippen LogP) is 7.58. The Morgan fingerprint density at radius 2 is 1.87 bits per heavy atom. The van der Waals surface area contributed by atoms with Crippen molar-refractivity contribution >= 4 is 0 Å². The van der Waals surface area contributed by atoms with Crippen molar-refractivity contribution in [1.29, 1.82) is 0 Å². The first kappa shape index (κ1) is 22.4. The summed E-state index contributed by atoms with van der Waals surface area (Å²) in [4.78, 5) is 0. The number of hydrogen-bond acceptors (Lipinski definition) is 1. The number of fused-ring (bicyclic) bond motifs is 5. The Morgan fingerprint density at radius 1 is 1.10 bits per heavy atom. The number of aliphatic hydroxyl groups excluding tert-OH is 1. The maximum Gasteiger partial charge on any atom is 0.0758 e. The van der Waals surface area contributed by atoms with Crippen molar-refractivity contribution in [3.8, 4) is 0 Å². The van der Waals surface area contributed by atoms with Crippen LogP contribution in [0.4, 0.5) is 0 Å². The first-order valence-electron chi connectivity index (χ1n) is 13.0. The minimum atomic E-state index is -0.268. The number of rotatable bonds is 5. The average Bonchev–Trinajstić information content (AvgIpc) is 3.06. The van der Waals surface area contributed by atoms with Crippen LogP contribution in [0.15, 0.2) is 36.0 Å². The molecule has 4 aliphatic rings. The lowest BCUT2D eigenvalue weighted by molar-refractivity contribution is -0.0310. The van der Waals surface area contributed by atoms with E-state index in [4.69, 9.17) is 0 Å². The van der Waals surface area contributed by atoms with E-state index in [-0.39, 0.29) is 11.5 Å².